The molecule has 2 atom stereocenters. The number of nitrogens with zero attached hydrogens (tertiary/aromatic N) is 2. The van der Waals surface area contributed by atoms with Crippen LogP contribution in [0.2, 0.25) is 0 Å². The second kappa shape index (κ2) is 7.23. The van der Waals surface area contributed by atoms with Crippen LogP contribution >= 0.6 is 0 Å². The molecule has 1 N–H and O–H groups in total. The Labute approximate surface area is 128 Å². The Morgan fingerprint density at radius 1 is 1.38 bits per heavy atom. The van der Waals surface area contributed by atoms with Crippen molar-refractivity contribution in [2.24, 2.45) is 0 Å². The fraction of sp³-hybridized carbons (Fsp3) is 0.647. The highest BCUT2D eigenvalue weighted by Gasteiger charge is 2.25. The van der Waals surface area contributed by atoms with Crippen LogP contribution in [0.15, 0.2) is 18.2 Å². The van der Waals surface area contributed by atoms with Gasteiger partial charge in [0.2, 0.25) is 0 Å². The summed E-state index contributed by atoms with van der Waals surface area (Å²) >= 11 is 0. The number of nitrogens with one attached hydrogen (secondary N) is 1. The number of likely N-dealkylation sites (N-methyl/N-ethyl adjacent to an activating group) is 1. The predicted molar refractivity (Wildman–Crippen MR) is 87.4 cm³/mol. The van der Waals surface area contributed by atoms with E-state index in [1.54, 1.807) is 6.07 Å². The van der Waals surface area contributed by atoms with Gasteiger partial charge in [-0.3, -0.25) is 0 Å². The van der Waals surface area contributed by atoms with E-state index in [2.05, 4.69) is 49.0 Å². The highest BCUT2D eigenvalue weighted by atomic mass is 19.1. The van der Waals surface area contributed by atoms with Crippen molar-refractivity contribution in [3.8, 4) is 0 Å². The van der Waals surface area contributed by atoms with E-state index in [0.717, 1.165) is 43.9 Å². The zero-order valence-electron chi connectivity index (χ0n) is 13.7. The molecule has 2 rings (SSSR count). The van der Waals surface area contributed by atoms with E-state index < -0.39 is 0 Å². The molecule has 0 aromatic heterocycles. The highest BCUT2D eigenvalue weighted by Crippen LogP contribution is 2.30. The number of anilines is 1. The first-order valence-electron chi connectivity index (χ1n) is 8.01. The Kier molecular flexibility index (Phi) is 5.59. The van der Waals surface area contributed by atoms with Gasteiger partial charge in [0.25, 0.3) is 0 Å². The summed E-state index contributed by atoms with van der Waals surface area (Å²) in [6.07, 6.45) is 1.08. The van der Waals surface area contributed by atoms with Gasteiger partial charge in [0, 0.05) is 31.7 Å². The molecule has 1 aliphatic heterocycles. The molecule has 2 unspecified atom stereocenters. The van der Waals surface area contributed by atoms with Crippen molar-refractivity contribution in [3.63, 3.8) is 0 Å². The summed E-state index contributed by atoms with van der Waals surface area (Å²) in [4.78, 5) is 4.54. The maximum absolute atomic E-state index is 14.5. The zero-order valence-corrected chi connectivity index (χ0v) is 13.7. The van der Waals surface area contributed by atoms with E-state index in [4.69, 9.17) is 0 Å². The zero-order chi connectivity index (χ0) is 15.4. The van der Waals surface area contributed by atoms with Crippen LogP contribution in [0.25, 0.3) is 0 Å². The highest BCUT2D eigenvalue weighted by molar-refractivity contribution is 5.56. The van der Waals surface area contributed by atoms with E-state index in [9.17, 15) is 4.39 Å². The lowest BCUT2D eigenvalue weighted by atomic mass is 10.0. The Morgan fingerprint density at radius 3 is 2.81 bits per heavy atom. The van der Waals surface area contributed by atoms with Crippen molar-refractivity contribution in [2.75, 3.05) is 38.1 Å². The number of hydrogen-bond acceptors (Lipinski definition) is 3. The average Bonchev–Trinajstić information content (AvgIpc) is 2.47. The molecular formula is C17H28FN3. The van der Waals surface area contributed by atoms with Crippen LogP contribution in [-0.4, -0.2) is 44.2 Å². The van der Waals surface area contributed by atoms with Gasteiger partial charge in [-0.15, -0.1) is 0 Å². The number of piperazine rings is 1. The van der Waals surface area contributed by atoms with E-state index in [1.165, 1.54) is 0 Å². The van der Waals surface area contributed by atoms with E-state index >= 15 is 0 Å². The van der Waals surface area contributed by atoms with Crippen LogP contribution in [0, 0.1) is 5.82 Å². The fourth-order valence-electron chi connectivity index (χ4n) is 2.94. The van der Waals surface area contributed by atoms with E-state index in [1.807, 2.05) is 6.07 Å². The molecular weight excluding hydrogens is 265 g/mol. The second-order valence-corrected chi connectivity index (χ2v) is 6.13. The fourth-order valence-corrected chi connectivity index (χ4v) is 2.94. The Hall–Kier alpha value is -1.13. The molecule has 1 heterocycles. The number of hydrogen-bond donors (Lipinski definition) is 1. The third kappa shape index (κ3) is 3.74. The van der Waals surface area contributed by atoms with Crippen molar-refractivity contribution >= 4 is 5.69 Å². The monoisotopic (exact) mass is 293 g/mol. The van der Waals surface area contributed by atoms with Gasteiger partial charge in [-0.05, 0) is 45.5 Å². The van der Waals surface area contributed by atoms with Crippen LogP contribution < -0.4 is 10.2 Å². The maximum Gasteiger partial charge on any atom is 0.146 e. The Balaban J connectivity index is 2.25. The molecule has 118 valence electrons. The van der Waals surface area contributed by atoms with Crippen molar-refractivity contribution in [1.82, 2.24) is 10.2 Å². The van der Waals surface area contributed by atoms with E-state index in [0.29, 0.717) is 6.04 Å². The summed E-state index contributed by atoms with van der Waals surface area (Å²) in [7, 11) is 2.13. The first kappa shape index (κ1) is 16.2. The number of para-hydroxylation sites is 1. The van der Waals surface area contributed by atoms with Gasteiger partial charge in [-0.2, -0.15) is 0 Å². The minimum Gasteiger partial charge on any atom is -0.366 e. The largest absolute Gasteiger partial charge is 0.366 e. The molecule has 1 saturated heterocycles. The molecule has 21 heavy (non-hydrogen) atoms. The summed E-state index contributed by atoms with van der Waals surface area (Å²) in [5.74, 6) is -0.102. The van der Waals surface area contributed by atoms with Gasteiger partial charge in [-0.1, -0.05) is 19.1 Å². The number of benzene rings is 1. The van der Waals surface area contributed by atoms with Crippen LogP contribution in [0.1, 0.15) is 38.8 Å². The maximum atomic E-state index is 14.5. The molecule has 0 spiro atoms. The number of halogens is 1. The van der Waals surface area contributed by atoms with Gasteiger partial charge >= 0.3 is 0 Å². The van der Waals surface area contributed by atoms with Gasteiger partial charge in [0.1, 0.15) is 5.82 Å². The summed E-state index contributed by atoms with van der Waals surface area (Å²) in [6, 6.07) is 6.07. The summed E-state index contributed by atoms with van der Waals surface area (Å²) < 4.78 is 14.5. The van der Waals surface area contributed by atoms with Gasteiger partial charge in [0.15, 0.2) is 0 Å². The lowest BCUT2D eigenvalue weighted by Crippen LogP contribution is -2.50. The van der Waals surface area contributed by atoms with Crippen LogP contribution in [0.4, 0.5) is 10.1 Å². The first-order chi connectivity index (χ1) is 10.0. The molecule has 0 saturated carbocycles. The third-order valence-electron chi connectivity index (χ3n) is 4.46. The van der Waals surface area contributed by atoms with Gasteiger partial charge < -0.3 is 15.1 Å². The molecule has 1 aromatic carbocycles. The van der Waals surface area contributed by atoms with Gasteiger partial charge in [0.05, 0.1) is 5.69 Å². The molecule has 1 aliphatic rings. The quantitative estimate of drug-likeness (QED) is 0.900. The second-order valence-electron chi connectivity index (χ2n) is 6.13. The topological polar surface area (TPSA) is 18.5 Å². The molecule has 0 radical (unpaired) electrons. The van der Waals surface area contributed by atoms with Crippen molar-refractivity contribution in [3.05, 3.63) is 29.6 Å². The molecule has 1 fully saturated rings. The molecule has 0 aliphatic carbocycles. The lowest BCUT2D eigenvalue weighted by Gasteiger charge is -2.40. The van der Waals surface area contributed by atoms with Crippen molar-refractivity contribution < 1.29 is 4.39 Å². The van der Waals surface area contributed by atoms with Crippen LogP contribution in [-0.2, 0) is 0 Å². The van der Waals surface area contributed by atoms with Crippen LogP contribution in [0.3, 0.4) is 0 Å². The smallest absolute Gasteiger partial charge is 0.146 e. The minimum atomic E-state index is -0.102. The Bertz CT molecular complexity index is 463. The molecule has 1 aromatic rings. The van der Waals surface area contributed by atoms with Crippen molar-refractivity contribution in [1.29, 1.82) is 0 Å². The average molecular weight is 293 g/mol. The normalized spacial score (nSPS) is 21.6. The molecule has 3 nitrogen and oxygen atoms in total. The molecule has 4 heteroatoms. The predicted octanol–water partition coefficient (Wildman–Crippen LogP) is 3.03. The SMILES string of the molecule is CCCNC(C)c1cccc(F)c1N1CCN(C)C(C)C1. The summed E-state index contributed by atoms with van der Waals surface area (Å²) in [5.41, 5.74) is 1.86. The first-order valence-corrected chi connectivity index (χ1v) is 8.01. The van der Waals surface area contributed by atoms with E-state index in [-0.39, 0.29) is 11.9 Å². The molecule has 0 bridgehead atoms. The number of rotatable bonds is 5. The lowest BCUT2D eigenvalue weighted by molar-refractivity contribution is 0.233. The third-order valence-corrected chi connectivity index (χ3v) is 4.46. The van der Waals surface area contributed by atoms with Crippen LogP contribution in [0.5, 0.6) is 0 Å². The minimum absolute atomic E-state index is 0.102. The molecule has 0 amide bonds. The standard InChI is InChI=1S/C17H28FN3/c1-5-9-19-14(3)15-7-6-8-16(18)17(15)21-11-10-20(4)13(2)12-21/h6-8,13-14,19H,5,9-12H2,1-4H3. The summed E-state index contributed by atoms with van der Waals surface area (Å²) in [6.45, 7) is 10.2. The van der Waals surface area contributed by atoms with Crippen molar-refractivity contribution in [2.45, 2.75) is 39.3 Å². The van der Waals surface area contributed by atoms with Gasteiger partial charge in [-0.25, -0.2) is 4.39 Å². The Morgan fingerprint density at radius 2 is 2.14 bits per heavy atom. The summed E-state index contributed by atoms with van der Waals surface area (Å²) in [5, 5.41) is 3.47.